The molecule has 1 fully saturated rings. The maximum absolute atomic E-state index is 11.9. The van der Waals surface area contributed by atoms with E-state index in [0.717, 1.165) is 39.3 Å². The fourth-order valence-corrected chi connectivity index (χ4v) is 3.09. The van der Waals surface area contributed by atoms with Crippen molar-refractivity contribution >= 4 is 11.6 Å². The Morgan fingerprint density at radius 1 is 1.25 bits per heavy atom. The number of hydrogen-bond acceptors (Lipinski definition) is 4. The molecule has 0 bridgehead atoms. The van der Waals surface area contributed by atoms with Gasteiger partial charge < -0.3 is 15.5 Å². The van der Waals surface area contributed by atoms with Crippen LogP contribution in [0.15, 0.2) is 24.3 Å². The van der Waals surface area contributed by atoms with E-state index in [-0.39, 0.29) is 5.91 Å². The summed E-state index contributed by atoms with van der Waals surface area (Å²) in [5.74, 6) is 0.154. The van der Waals surface area contributed by atoms with Gasteiger partial charge in [0.2, 0.25) is 5.91 Å². The third-order valence-electron chi connectivity index (χ3n) is 4.55. The van der Waals surface area contributed by atoms with E-state index in [1.807, 2.05) is 0 Å². The molecule has 0 unspecified atom stereocenters. The van der Waals surface area contributed by atoms with Crippen LogP contribution in [0.5, 0.6) is 0 Å². The normalized spacial score (nSPS) is 16.9. The fraction of sp³-hybridized carbons (Fsp3) is 0.632. The Morgan fingerprint density at radius 3 is 2.67 bits per heavy atom. The predicted molar refractivity (Wildman–Crippen MR) is 101 cm³/mol. The van der Waals surface area contributed by atoms with Gasteiger partial charge >= 0.3 is 0 Å². The molecule has 1 aromatic rings. The highest BCUT2D eigenvalue weighted by Crippen LogP contribution is 2.17. The zero-order valence-electron chi connectivity index (χ0n) is 15.3. The summed E-state index contributed by atoms with van der Waals surface area (Å²) in [7, 11) is 0. The van der Waals surface area contributed by atoms with E-state index < -0.39 is 0 Å². The van der Waals surface area contributed by atoms with Crippen LogP contribution in [0.2, 0.25) is 0 Å². The van der Waals surface area contributed by atoms with Crippen LogP contribution in [-0.4, -0.2) is 62.7 Å². The summed E-state index contributed by atoms with van der Waals surface area (Å²) < 4.78 is 0. The van der Waals surface area contributed by atoms with E-state index in [1.165, 1.54) is 11.3 Å². The lowest BCUT2D eigenvalue weighted by atomic mass is 10.2. The number of amides is 1. The summed E-state index contributed by atoms with van der Waals surface area (Å²) in [6, 6.07) is 9.01. The first kappa shape index (κ1) is 18.7. The van der Waals surface area contributed by atoms with Crippen molar-refractivity contribution in [2.24, 2.45) is 0 Å². The fourth-order valence-electron chi connectivity index (χ4n) is 3.09. The molecule has 1 amide bonds. The third-order valence-corrected chi connectivity index (χ3v) is 4.55. The van der Waals surface area contributed by atoms with Crippen LogP contribution in [0, 0.1) is 6.92 Å². The van der Waals surface area contributed by atoms with E-state index in [0.29, 0.717) is 19.0 Å². The molecule has 0 saturated carbocycles. The van der Waals surface area contributed by atoms with E-state index in [4.69, 9.17) is 0 Å². The summed E-state index contributed by atoms with van der Waals surface area (Å²) in [4.78, 5) is 16.8. The second kappa shape index (κ2) is 9.64. The minimum Gasteiger partial charge on any atom is -0.369 e. The summed E-state index contributed by atoms with van der Waals surface area (Å²) in [6.07, 6.45) is 0.587. The average molecular weight is 332 g/mol. The summed E-state index contributed by atoms with van der Waals surface area (Å²) in [5, 5.41) is 6.31. The van der Waals surface area contributed by atoms with Gasteiger partial charge in [0.25, 0.3) is 0 Å². The number of benzene rings is 1. The van der Waals surface area contributed by atoms with Gasteiger partial charge in [-0.3, -0.25) is 9.69 Å². The summed E-state index contributed by atoms with van der Waals surface area (Å²) >= 11 is 0. The average Bonchev–Trinajstić information content (AvgIpc) is 2.59. The van der Waals surface area contributed by atoms with Crippen LogP contribution in [0.4, 0.5) is 5.69 Å². The van der Waals surface area contributed by atoms with Crippen LogP contribution >= 0.6 is 0 Å². The van der Waals surface area contributed by atoms with Gasteiger partial charge in [-0.05, 0) is 38.1 Å². The molecule has 2 rings (SSSR count). The van der Waals surface area contributed by atoms with Gasteiger partial charge in [0.05, 0.1) is 0 Å². The van der Waals surface area contributed by atoms with Crippen molar-refractivity contribution in [1.29, 1.82) is 0 Å². The monoisotopic (exact) mass is 332 g/mol. The first-order chi connectivity index (χ1) is 11.6. The van der Waals surface area contributed by atoms with Crippen LogP contribution in [0.1, 0.15) is 25.8 Å². The maximum atomic E-state index is 11.9. The second-order valence-corrected chi connectivity index (χ2v) is 6.68. The van der Waals surface area contributed by atoms with Gasteiger partial charge in [0.1, 0.15) is 0 Å². The van der Waals surface area contributed by atoms with Gasteiger partial charge in [0.15, 0.2) is 0 Å². The van der Waals surface area contributed by atoms with Crippen molar-refractivity contribution in [3.63, 3.8) is 0 Å². The molecular weight excluding hydrogens is 300 g/mol. The minimum atomic E-state index is 0.154. The number of piperazine rings is 1. The van der Waals surface area contributed by atoms with Crippen LogP contribution in [0.25, 0.3) is 0 Å². The molecule has 5 nitrogen and oxygen atoms in total. The molecule has 0 spiro atoms. The molecule has 2 N–H and O–H groups in total. The van der Waals surface area contributed by atoms with Crippen LogP contribution in [-0.2, 0) is 4.79 Å². The standard InChI is InChI=1S/C19H32N4O/c1-4-20-17(3)15-21-19(24)8-9-22-10-12-23(13-11-22)18-7-5-6-16(2)14-18/h5-7,14,17,20H,4,8-13,15H2,1-3H3,(H,21,24)/t17-/m1/s1. The van der Waals surface area contributed by atoms with Gasteiger partial charge in [-0.25, -0.2) is 0 Å². The topological polar surface area (TPSA) is 47.6 Å². The van der Waals surface area contributed by atoms with Crippen molar-refractivity contribution in [2.45, 2.75) is 33.2 Å². The SMILES string of the molecule is CCN[C@H](C)CNC(=O)CCN1CCN(c2cccc(C)c2)CC1. The van der Waals surface area contributed by atoms with Crippen molar-refractivity contribution in [3.8, 4) is 0 Å². The van der Waals surface area contributed by atoms with E-state index in [1.54, 1.807) is 0 Å². The Kier molecular flexibility index (Phi) is 7.53. The lowest BCUT2D eigenvalue weighted by Crippen LogP contribution is -2.47. The lowest BCUT2D eigenvalue weighted by molar-refractivity contribution is -0.121. The van der Waals surface area contributed by atoms with Gasteiger partial charge in [0, 0.05) is 57.4 Å². The number of hydrogen-bond donors (Lipinski definition) is 2. The Balaban J connectivity index is 1.65. The maximum Gasteiger partial charge on any atom is 0.221 e. The molecule has 1 atom stereocenters. The third kappa shape index (κ3) is 6.13. The number of anilines is 1. The zero-order valence-corrected chi connectivity index (χ0v) is 15.3. The zero-order chi connectivity index (χ0) is 17.4. The first-order valence-electron chi connectivity index (χ1n) is 9.12. The molecule has 24 heavy (non-hydrogen) atoms. The van der Waals surface area contributed by atoms with Crippen LogP contribution in [0.3, 0.4) is 0 Å². The summed E-state index contributed by atoms with van der Waals surface area (Å²) in [6.45, 7) is 12.9. The van der Waals surface area contributed by atoms with Crippen LogP contribution < -0.4 is 15.5 Å². The Morgan fingerprint density at radius 2 is 2.00 bits per heavy atom. The number of rotatable bonds is 8. The number of carbonyl (C=O) groups excluding carboxylic acids is 1. The molecule has 0 radical (unpaired) electrons. The van der Waals surface area contributed by atoms with E-state index in [9.17, 15) is 4.79 Å². The quantitative estimate of drug-likeness (QED) is 0.759. The molecule has 1 aromatic carbocycles. The van der Waals surface area contributed by atoms with Crippen molar-refractivity contribution in [2.75, 3.05) is 50.7 Å². The predicted octanol–water partition coefficient (Wildman–Crippen LogP) is 1.62. The number of aryl methyl sites for hydroxylation is 1. The number of likely N-dealkylation sites (N-methyl/N-ethyl adjacent to an activating group) is 1. The van der Waals surface area contributed by atoms with E-state index >= 15 is 0 Å². The highest BCUT2D eigenvalue weighted by molar-refractivity contribution is 5.76. The second-order valence-electron chi connectivity index (χ2n) is 6.68. The Bertz CT molecular complexity index is 512. The summed E-state index contributed by atoms with van der Waals surface area (Å²) in [5.41, 5.74) is 2.61. The molecule has 1 heterocycles. The molecule has 1 saturated heterocycles. The highest BCUT2D eigenvalue weighted by atomic mass is 16.1. The smallest absolute Gasteiger partial charge is 0.221 e. The van der Waals surface area contributed by atoms with Crippen molar-refractivity contribution < 1.29 is 4.79 Å². The molecule has 0 aromatic heterocycles. The lowest BCUT2D eigenvalue weighted by Gasteiger charge is -2.36. The van der Waals surface area contributed by atoms with Crippen molar-refractivity contribution in [1.82, 2.24) is 15.5 Å². The molecular formula is C19H32N4O. The largest absolute Gasteiger partial charge is 0.369 e. The van der Waals surface area contributed by atoms with Crippen molar-refractivity contribution in [3.05, 3.63) is 29.8 Å². The Hall–Kier alpha value is -1.59. The van der Waals surface area contributed by atoms with Gasteiger partial charge in [-0.2, -0.15) is 0 Å². The molecule has 0 aliphatic carbocycles. The molecule has 134 valence electrons. The molecule has 1 aliphatic heterocycles. The molecule has 1 aliphatic rings. The first-order valence-corrected chi connectivity index (χ1v) is 9.12. The Labute approximate surface area is 146 Å². The number of nitrogens with zero attached hydrogens (tertiary/aromatic N) is 2. The number of carbonyl (C=O) groups is 1. The van der Waals surface area contributed by atoms with Gasteiger partial charge in [-0.1, -0.05) is 19.1 Å². The molecule has 5 heteroatoms. The minimum absolute atomic E-state index is 0.154. The number of nitrogens with one attached hydrogen (secondary N) is 2. The van der Waals surface area contributed by atoms with Gasteiger partial charge in [-0.15, -0.1) is 0 Å². The highest BCUT2D eigenvalue weighted by Gasteiger charge is 2.17. The van der Waals surface area contributed by atoms with E-state index in [2.05, 4.69) is 65.5 Å².